The second kappa shape index (κ2) is 6.74. The Hall–Kier alpha value is -2.57. The summed E-state index contributed by atoms with van der Waals surface area (Å²) in [5.41, 5.74) is 4.56. The number of piperazine rings is 1. The summed E-state index contributed by atoms with van der Waals surface area (Å²) in [6.45, 7) is 9.35. The monoisotopic (exact) mass is 343 g/mol. The summed E-state index contributed by atoms with van der Waals surface area (Å²) in [5, 5.41) is 15.9. The number of aryl methyl sites for hydroxylation is 3. The average molecular weight is 343 g/mol. The zero-order chi connectivity index (χ0) is 18.1. The van der Waals surface area contributed by atoms with Gasteiger partial charge in [0.2, 0.25) is 5.82 Å². The lowest BCUT2D eigenvalue weighted by molar-refractivity contribution is -0.384. The minimum Gasteiger partial charge on any atom is -0.368 e. The first-order chi connectivity index (χ1) is 11.9. The van der Waals surface area contributed by atoms with Gasteiger partial charge in [0.05, 0.1) is 4.92 Å². The molecule has 2 heterocycles. The van der Waals surface area contributed by atoms with E-state index in [9.17, 15) is 10.1 Å². The molecule has 3 rings (SSSR count). The van der Waals surface area contributed by atoms with Crippen LogP contribution >= 0.6 is 0 Å². The summed E-state index contributed by atoms with van der Waals surface area (Å²) in [7, 11) is 1.79. The highest BCUT2D eigenvalue weighted by molar-refractivity contribution is 5.63. The van der Waals surface area contributed by atoms with E-state index in [-0.39, 0.29) is 10.6 Å². The summed E-state index contributed by atoms with van der Waals surface area (Å²) < 4.78 is 1.66. The maximum atomic E-state index is 11.5. The van der Waals surface area contributed by atoms with E-state index in [1.165, 1.54) is 16.8 Å². The Morgan fingerprint density at radius 2 is 1.80 bits per heavy atom. The van der Waals surface area contributed by atoms with Crippen LogP contribution in [0.25, 0.3) is 0 Å². The second-order valence-corrected chi connectivity index (χ2v) is 6.55. The highest BCUT2D eigenvalue weighted by Crippen LogP contribution is 2.33. The molecule has 1 aromatic heterocycles. The van der Waals surface area contributed by atoms with Crippen molar-refractivity contribution in [3.63, 3.8) is 0 Å². The summed E-state index contributed by atoms with van der Waals surface area (Å²) in [6.07, 6.45) is 0.562. The predicted molar refractivity (Wildman–Crippen MR) is 99.6 cm³/mol. The van der Waals surface area contributed by atoms with Gasteiger partial charge in [0.1, 0.15) is 5.69 Å². The summed E-state index contributed by atoms with van der Waals surface area (Å²) >= 11 is 0. The standard InChI is InChI=1S/C18H25N5O2/c1-5-15-17(23(24)25)18(20(4)19-15)22-11-9-21(10-12-22)16-8-6-7-13(2)14(16)3/h6-8H,5,9-12H2,1-4H3. The van der Waals surface area contributed by atoms with Crippen LogP contribution < -0.4 is 9.80 Å². The molecule has 1 aliphatic rings. The molecular formula is C18H25N5O2. The van der Waals surface area contributed by atoms with Gasteiger partial charge in [-0.2, -0.15) is 5.10 Å². The first-order valence-corrected chi connectivity index (χ1v) is 8.70. The fourth-order valence-corrected chi connectivity index (χ4v) is 3.58. The Labute approximate surface area is 148 Å². The van der Waals surface area contributed by atoms with Gasteiger partial charge in [0.25, 0.3) is 0 Å². The fraction of sp³-hybridized carbons (Fsp3) is 0.500. The molecule has 2 aromatic rings. The van der Waals surface area contributed by atoms with Crippen LogP contribution in [0, 0.1) is 24.0 Å². The Morgan fingerprint density at radius 3 is 2.40 bits per heavy atom. The van der Waals surface area contributed by atoms with Gasteiger partial charge >= 0.3 is 5.69 Å². The number of hydrogen-bond donors (Lipinski definition) is 0. The van der Waals surface area contributed by atoms with Gasteiger partial charge in [-0.05, 0) is 37.5 Å². The molecule has 1 aromatic carbocycles. The molecule has 0 N–H and O–H groups in total. The van der Waals surface area contributed by atoms with Crippen molar-refractivity contribution in [2.45, 2.75) is 27.2 Å². The minimum atomic E-state index is -0.293. The molecular weight excluding hydrogens is 318 g/mol. The van der Waals surface area contributed by atoms with E-state index in [1.54, 1.807) is 11.7 Å². The van der Waals surface area contributed by atoms with Gasteiger partial charge in [-0.15, -0.1) is 0 Å². The number of nitrogens with zero attached hydrogens (tertiary/aromatic N) is 5. The predicted octanol–water partition coefficient (Wildman–Crippen LogP) is 2.83. The van der Waals surface area contributed by atoms with Crippen molar-refractivity contribution >= 4 is 17.2 Å². The van der Waals surface area contributed by atoms with Crippen LogP contribution in [-0.2, 0) is 13.5 Å². The molecule has 0 unspecified atom stereocenters. The first-order valence-electron chi connectivity index (χ1n) is 8.70. The number of benzene rings is 1. The van der Waals surface area contributed by atoms with E-state index in [0.29, 0.717) is 17.9 Å². The molecule has 0 aliphatic carbocycles. The van der Waals surface area contributed by atoms with Crippen molar-refractivity contribution in [1.82, 2.24) is 9.78 Å². The maximum Gasteiger partial charge on any atom is 0.334 e. The Bertz CT molecular complexity index is 791. The second-order valence-electron chi connectivity index (χ2n) is 6.55. The topological polar surface area (TPSA) is 67.4 Å². The van der Waals surface area contributed by atoms with Gasteiger partial charge in [0.15, 0.2) is 0 Å². The molecule has 1 saturated heterocycles. The molecule has 0 spiro atoms. The number of hydrogen-bond acceptors (Lipinski definition) is 5. The van der Waals surface area contributed by atoms with Crippen LogP contribution in [-0.4, -0.2) is 40.9 Å². The van der Waals surface area contributed by atoms with E-state index in [4.69, 9.17) is 0 Å². The third kappa shape index (κ3) is 3.06. The van der Waals surface area contributed by atoms with Gasteiger partial charge in [0, 0.05) is 38.9 Å². The normalized spacial score (nSPS) is 14.9. The zero-order valence-corrected chi connectivity index (χ0v) is 15.3. The molecule has 0 radical (unpaired) electrons. The molecule has 1 aliphatic heterocycles. The van der Waals surface area contributed by atoms with Crippen molar-refractivity contribution in [3.05, 3.63) is 45.1 Å². The van der Waals surface area contributed by atoms with Crippen molar-refractivity contribution in [1.29, 1.82) is 0 Å². The Balaban J connectivity index is 1.82. The van der Waals surface area contributed by atoms with Crippen LogP contribution in [0.3, 0.4) is 0 Å². The molecule has 0 saturated carbocycles. The zero-order valence-electron chi connectivity index (χ0n) is 15.3. The summed E-state index contributed by atoms with van der Waals surface area (Å²) in [4.78, 5) is 15.7. The highest BCUT2D eigenvalue weighted by atomic mass is 16.6. The van der Waals surface area contributed by atoms with E-state index >= 15 is 0 Å². The van der Waals surface area contributed by atoms with E-state index in [1.807, 2.05) is 6.92 Å². The number of rotatable bonds is 4. The molecule has 25 heavy (non-hydrogen) atoms. The van der Waals surface area contributed by atoms with E-state index < -0.39 is 0 Å². The van der Waals surface area contributed by atoms with Crippen LogP contribution in [0.2, 0.25) is 0 Å². The lowest BCUT2D eigenvalue weighted by atomic mass is 10.1. The summed E-state index contributed by atoms with van der Waals surface area (Å²) in [5.74, 6) is 0.627. The van der Waals surface area contributed by atoms with Crippen LogP contribution in [0.15, 0.2) is 18.2 Å². The Kier molecular flexibility index (Phi) is 4.65. The largest absolute Gasteiger partial charge is 0.368 e. The highest BCUT2D eigenvalue weighted by Gasteiger charge is 2.31. The van der Waals surface area contributed by atoms with Gasteiger partial charge < -0.3 is 9.80 Å². The third-order valence-corrected chi connectivity index (χ3v) is 5.08. The minimum absolute atomic E-state index is 0.158. The number of anilines is 2. The molecule has 134 valence electrons. The molecule has 7 nitrogen and oxygen atoms in total. The molecule has 0 bridgehead atoms. The van der Waals surface area contributed by atoms with Crippen LogP contribution in [0.1, 0.15) is 23.7 Å². The lowest BCUT2D eigenvalue weighted by Gasteiger charge is -2.37. The number of nitro groups is 1. The van der Waals surface area contributed by atoms with Crippen molar-refractivity contribution < 1.29 is 4.92 Å². The van der Waals surface area contributed by atoms with Crippen molar-refractivity contribution in [2.75, 3.05) is 36.0 Å². The van der Waals surface area contributed by atoms with E-state index in [2.05, 4.69) is 46.9 Å². The van der Waals surface area contributed by atoms with Gasteiger partial charge in [-0.25, -0.2) is 4.68 Å². The van der Waals surface area contributed by atoms with Gasteiger partial charge in [-0.3, -0.25) is 10.1 Å². The first kappa shape index (κ1) is 17.3. The Morgan fingerprint density at radius 1 is 1.16 bits per heavy atom. The quantitative estimate of drug-likeness (QED) is 0.631. The molecule has 0 atom stereocenters. The molecule has 1 fully saturated rings. The number of aromatic nitrogens is 2. The molecule has 0 amide bonds. The van der Waals surface area contributed by atoms with Gasteiger partial charge in [-0.1, -0.05) is 19.1 Å². The van der Waals surface area contributed by atoms with Crippen LogP contribution in [0.5, 0.6) is 0 Å². The third-order valence-electron chi connectivity index (χ3n) is 5.08. The smallest absolute Gasteiger partial charge is 0.334 e. The summed E-state index contributed by atoms with van der Waals surface area (Å²) in [6, 6.07) is 6.36. The van der Waals surface area contributed by atoms with Crippen LogP contribution in [0.4, 0.5) is 17.2 Å². The van der Waals surface area contributed by atoms with Crippen molar-refractivity contribution in [2.24, 2.45) is 7.05 Å². The average Bonchev–Trinajstić information content (AvgIpc) is 2.94. The fourth-order valence-electron chi connectivity index (χ4n) is 3.58. The SMILES string of the molecule is CCc1nn(C)c(N2CCN(c3cccc(C)c3C)CC2)c1[N+](=O)[O-]. The van der Waals surface area contributed by atoms with E-state index in [0.717, 1.165) is 26.2 Å². The maximum absolute atomic E-state index is 11.5. The molecule has 7 heteroatoms. The van der Waals surface area contributed by atoms with Crippen molar-refractivity contribution in [3.8, 4) is 0 Å². The lowest BCUT2D eigenvalue weighted by Crippen LogP contribution is -2.47.